The van der Waals surface area contributed by atoms with E-state index >= 15 is 0 Å². The number of hydrogen-bond acceptors (Lipinski definition) is 3. The van der Waals surface area contributed by atoms with E-state index in [1.54, 1.807) is 6.07 Å². The first-order valence-corrected chi connectivity index (χ1v) is 7.46. The highest BCUT2D eigenvalue weighted by atomic mass is 35.5. The first-order chi connectivity index (χ1) is 10.1. The molecule has 0 saturated heterocycles. The molecule has 0 radical (unpaired) electrons. The van der Waals surface area contributed by atoms with E-state index in [9.17, 15) is 0 Å². The molecule has 0 atom stereocenters. The first kappa shape index (κ1) is 14.1. The summed E-state index contributed by atoms with van der Waals surface area (Å²) in [5.74, 6) is 1.44. The number of aromatic nitrogens is 1. The highest BCUT2D eigenvalue weighted by Crippen LogP contribution is 2.39. The van der Waals surface area contributed by atoms with E-state index in [1.165, 1.54) is 17.0 Å². The number of benzene rings is 1. The standard InChI is InChI=1S/C16H19ClN2O2/c1-4-19-10(2)5-12(11(19)3)8-18-14-7-16-15(6-13(14)17)20-9-21-16/h5-7,18H,4,8-9H2,1-3H3. The van der Waals surface area contributed by atoms with Crippen molar-refractivity contribution >= 4 is 17.3 Å². The Labute approximate surface area is 129 Å². The Morgan fingerprint density at radius 3 is 2.57 bits per heavy atom. The van der Waals surface area contributed by atoms with Gasteiger partial charge in [-0.25, -0.2) is 0 Å². The predicted molar refractivity (Wildman–Crippen MR) is 84.5 cm³/mol. The van der Waals surface area contributed by atoms with Crippen LogP contribution in [0.2, 0.25) is 5.02 Å². The van der Waals surface area contributed by atoms with Crippen LogP contribution in [0.1, 0.15) is 23.9 Å². The number of hydrogen-bond donors (Lipinski definition) is 1. The number of nitrogens with zero attached hydrogens (tertiary/aromatic N) is 1. The van der Waals surface area contributed by atoms with Crippen molar-refractivity contribution in [3.8, 4) is 11.5 Å². The summed E-state index contributed by atoms with van der Waals surface area (Å²) >= 11 is 6.27. The lowest BCUT2D eigenvalue weighted by atomic mass is 10.2. The minimum Gasteiger partial charge on any atom is -0.454 e. The molecule has 4 nitrogen and oxygen atoms in total. The number of aryl methyl sites for hydroxylation is 1. The van der Waals surface area contributed by atoms with Gasteiger partial charge in [0.15, 0.2) is 11.5 Å². The highest BCUT2D eigenvalue weighted by molar-refractivity contribution is 6.33. The van der Waals surface area contributed by atoms with Crippen LogP contribution in [-0.4, -0.2) is 11.4 Å². The van der Waals surface area contributed by atoms with Gasteiger partial charge >= 0.3 is 0 Å². The monoisotopic (exact) mass is 306 g/mol. The minimum absolute atomic E-state index is 0.257. The van der Waals surface area contributed by atoms with Crippen molar-refractivity contribution in [3.05, 3.63) is 40.2 Å². The van der Waals surface area contributed by atoms with Gasteiger partial charge in [-0.1, -0.05) is 11.6 Å². The van der Waals surface area contributed by atoms with Crippen molar-refractivity contribution in [2.75, 3.05) is 12.1 Å². The van der Waals surface area contributed by atoms with Crippen molar-refractivity contribution in [1.29, 1.82) is 0 Å². The lowest BCUT2D eigenvalue weighted by molar-refractivity contribution is 0.174. The van der Waals surface area contributed by atoms with Crippen LogP contribution in [0.4, 0.5) is 5.69 Å². The third kappa shape index (κ3) is 2.56. The number of ether oxygens (including phenoxy) is 2. The van der Waals surface area contributed by atoms with Crippen LogP contribution in [0, 0.1) is 13.8 Å². The summed E-state index contributed by atoms with van der Waals surface area (Å²) in [6, 6.07) is 5.90. The van der Waals surface area contributed by atoms with E-state index in [-0.39, 0.29) is 6.79 Å². The molecule has 1 aromatic carbocycles. The summed E-state index contributed by atoms with van der Waals surface area (Å²) in [6.45, 7) is 8.42. The van der Waals surface area contributed by atoms with Gasteiger partial charge in [0.2, 0.25) is 6.79 Å². The van der Waals surface area contributed by atoms with Crippen LogP contribution >= 0.6 is 11.6 Å². The molecular weight excluding hydrogens is 288 g/mol. The molecule has 21 heavy (non-hydrogen) atoms. The zero-order valence-corrected chi connectivity index (χ0v) is 13.3. The molecule has 1 aromatic heterocycles. The van der Waals surface area contributed by atoms with E-state index in [2.05, 4.69) is 36.7 Å². The molecule has 3 rings (SSSR count). The molecule has 112 valence electrons. The zero-order valence-electron chi connectivity index (χ0n) is 12.5. The van der Waals surface area contributed by atoms with Gasteiger partial charge in [0, 0.05) is 36.6 Å². The Kier molecular flexibility index (Phi) is 3.72. The number of halogens is 1. The largest absolute Gasteiger partial charge is 0.454 e. The average Bonchev–Trinajstić information content (AvgIpc) is 3.00. The molecule has 0 amide bonds. The fourth-order valence-electron chi connectivity index (χ4n) is 2.78. The Balaban J connectivity index is 1.79. The van der Waals surface area contributed by atoms with E-state index in [1.807, 2.05) is 6.07 Å². The maximum Gasteiger partial charge on any atom is 0.231 e. The molecule has 0 aliphatic carbocycles. The number of rotatable bonds is 4. The van der Waals surface area contributed by atoms with Gasteiger partial charge in [0.05, 0.1) is 10.7 Å². The number of anilines is 1. The molecule has 1 aliphatic rings. The van der Waals surface area contributed by atoms with Crippen LogP contribution in [0.25, 0.3) is 0 Å². The molecule has 0 unspecified atom stereocenters. The molecule has 0 spiro atoms. The van der Waals surface area contributed by atoms with Gasteiger partial charge < -0.3 is 19.4 Å². The van der Waals surface area contributed by atoms with Gasteiger partial charge in [0.25, 0.3) is 0 Å². The van der Waals surface area contributed by atoms with Crippen molar-refractivity contribution in [2.45, 2.75) is 33.9 Å². The van der Waals surface area contributed by atoms with Gasteiger partial charge in [-0.3, -0.25) is 0 Å². The summed E-state index contributed by atoms with van der Waals surface area (Å²) < 4.78 is 13.0. The Morgan fingerprint density at radius 1 is 1.19 bits per heavy atom. The Morgan fingerprint density at radius 2 is 1.90 bits per heavy atom. The van der Waals surface area contributed by atoms with Crippen LogP contribution in [0.5, 0.6) is 11.5 Å². The van der Waals surface area contributed by atoms with Crippen LogP contribution in [-0.2, 0) is 13.1 Å². The van der Waals surface area contributed by atoms with E-state index in [0.717, 1.165) is 24.5 Å². The molecule has 0 saturated carbocycles. The second-order valence-electron chi connectivity index (χ2n) is 5.18. The molecule has 0 bridgehead atoms. The van der Waals surface area contributed by atoms with Gasteiger partial charge in [0.1, 0.15) is 0 Å². The maximum atomic E-state index is 6.27. The van der Waals surface area contributed by atoms with Crippen molar-refractivity contribution < 1.29 is 9.47 Å². The predicted octanol–water partition coefficient (Wildman–Crippen LogP) is 4.12. The third-order valence-corrected chi connectivity index (χ3v) is 4.24. The second-order valence-corrected chi connectivity index (χ2v) is 5.59. The maximum absolute atomic E-state index is 6.27. The fourth-order valence-corrected chi connectivity index (χ4v) is 3.00. The third-order valence-electron chi connectivity index (χ3n) is 3.93. The lowest BCUT2D eigenvalue weighted by Gasteiger charge is -2.10. The fraction of sp³-hybridized carbons (Fsp3) is 0.375. The SMILES string of the molecule is CCn1c(C)cc(CNc2cc3c(cc2Cl)OCO3)c1C. The Hall–Kier alpha value is -1.81. The first-order valence-electron chi connectivity index (χ1n) is 7.08. The molecule has 2 aromatic rings. The smallest absolute Gasteiger partial charge is 0.231 e. The van der Waals surface area contributed by atoms with E-state index in [0.29, 0.717) is 10.8 Å². The quantitative estimate of drug-likeness (QED) is 0.923. The summed E-state index contributed by atoms with van der Waals surface area (Å²) in [7, 11) is 0. The molecular formula is C16H19ClN2O2. The van der Waals surface area contributed by atoms with Gasteiger partial charge in [-0.05, 0) is 32.4 Å². The lowest BCUT2D eigenvalue weighted by Crippen LogP contribution is -2.03. The van der Waals surface area contributed by atoms with Crippen LogP contribution in [0.15, 0.2) is 18.2 Å². The molecule has 5 heteroatoms. The van der Waals surface area contributed by atoms with Crippen LogP contribution < -0.4 is 14.8 Å². The van der Waals surface area contributed by atoms with Crippen molar-refractivity contribution in [2.24, 2.45) is 0 Å². The second kappa shape index (κ2) is 5.53. The summed E-state index contributed by atoms with van der Waals surface area (Å²) in [5, 5.41) is 4.03. The molecule has 1 N–H and O–H groups in total. The minimum atomic E-state index is 0.257. The summed E-state index contributed by atoms with van der Waals surface area (Å²) in [6.07, 6.45) is 0. The van der Waals surface area contributed by atoms with E-state index in [4.69, 9.17) is 21.1 Å². The van der Waals surface area contributed by atoms with Gasteiger partial charge in [-0.2, -0.15) is 0 Å². The number of fused-ring (bicyclic) bond motifs is 1. The van der Waals surface area contributed by atoms with Crippen molar-refractivity contribution in [3.63, 3.8) is 0 Å². The summed E-state index contributed by atoms with van der Waals surface area (Å²) in [5.41, 5.74) is 4.72. The Bertz CT molecular complexity index is 679. The van der Waals surface area contributed by atoms with Crippen molar-refractivity contribution in [1.82, 2.24) is 4.57 Å². The topological polar surface area (TPSA) is 35.4 Å². The highest BCUT2D eigenvalue weighted by Gasteiger charge is 2.16. The molecule has 1 aliphatic heterocycles. The zero-order chi connectivity index (χ0) is 15.0. The average molecular weight is 307 g/mol. The van der Waals surface area contributed by atoms with E-state index < -0.39 is 0 Å². The molecule has 0 fully saturated rings. The van der Waals surface area contributed by atoms with Crippen LogP contribution in [0.3, 0.4) is 0 Å². The summed E-state index contributed by atoms with van der Waals surface area (Å²) in [4.78, 5) is 0. The number of nitrogens with one attached hydrogen (secondary N) is 1. The van der Waals surface area contributed by atoms with Gasteiger partial charge in [-0.15, -0.1) is 0 Å². The molecule has 2 heterocycles. The normalized spacial score (nSPS) is 12.8.